The van der Waals surface area contributed by atoms with Crippen LogP contribution in [0.4, 0.5) is 4.39 Å². The molecule has 1 aliphatic heterocycles. The molecule has 1 N–H and O–H groups in total. The van der Waals surface area contributed by atoms with Gasteiger partial charge in [-0.05, 0) is 43.0 Å². The van der Waals surface area contributed by atoms with Crippen molar-refractivity contribution in [2.24, 2.45) is 0 Å². The van der Waals surface area contributed by atoms with E-state index in [9.17, 15) is 9.18 Å². The quantitative estimate of drug-likeness (QED) is 0.842. The molecule has 140 valence electrons. The molecule has 0 unspecified atom stereocenters. The normalized spacial score (nSPS) is 18.4. The van der Waals surface area contributed by atoms with Crippen LogP contribution in [0.25, 0.3) is 0 Å². The van der Waals surface area contributed by atoms with Crippen molar-refractivity contribution in [3.63, 3.8) is 0 Å². The molecule has 0 aliphatic carbocycles. The molecule has 1 saturated heterocycles. The lowest BCUT2D eigenvalue weighted by Gasteiger charge is -2.37. The first-order valence-electron chi connectivity index (χ1n) is 9.07. The summed E-state index contributed by atoms with van der Waals surface area (Å²) in [6, 6.07) is 10.2. The van der Waals surface area contributed by atoms with E-state index in [1.807, 2.05) is 13.8 Å². The van der Waals surface area contributed by atoms with Crippen LogP contribution in [0.5, 0.6) is 0 Å². The fourth-order valence-electron chi connectivity index (χ4n) is 3.27. The van der Waals surface area contributed by atoms with Crippen molar-refractivity contribution >= 4 is 17.2 Å². The molecule has 1 aliphatic rings. The van der Waals surface area contributed by atoms with E-state index in [2.05, 4.69) is 32.6 Å². The molecule has 0 radical (unpaired) electrons. The van der Waals surface area contributed by atoms with E-state index < -0.39 is 0 Å². The van der Waals surface area contributed by atoms with Crippen LogP contribution in [0.1, 0.15) is 30.3 Å². The monoisotopic (exact) mass is 375 g/mol. The van der Waals surface area contributed by atoms with Crippen LogP contribution in [0.3, 0.4) is 0 Å². The maximum Gasteiger partial charge on any atom is 0.237 e. The van der Waals surface area contributed by atoms with E-state index >= 15 is 0 Å². The Labute approximate surface area is 158 Å². The predicted octanol–water partition coefficient (Wildman–Crippen LogP) is 3.27. The van der Waals surface area contributed by atoms with Gasteiger partial charge in [-0.15, -0.1) is 11.3 Å². The third-order valence-electron chi connectivity index (χ3n) is 5.02. The minimum absolute atomic E-state index is 0.0218. The Hall–Kier alpha value is -1.76. The third kappa shape index (κ3) is 4.90. The van der Waals surface area contributed by atoms with Crippen LogP contribution < -0.4 is 5.32 Å². The maximum atomic E-state index is 13.0. The van der Waals surface area contributed by atoms with Gasteiger partial charge in [0.15, 0.2) is 0 Å². The summed E-state index contributed by atoms with van der Waals surface area (Å²) >= 11 is 1.79. The largest absolute Gasteiger partial charge is 0.348 e. The van der Waals surface area contributed by atoms with Crippen LogP contribution in [-0.2, 0) is 11.3 Å². The van der Waals surface area contributed by atoms with Crippen molar-refractivity contribution in [1.82, 2.24) is 15.1 Å². The third-order valence-corrected chi connectivity index (χ3v) is 5.88. The summed E-state index contributed by atoms with van der Waals surface area (Å²) in [5.41, 5.74) is 0.910. The van der Waals surface area contributed by atoms with Gasteiger partial charge in [0.2, 0.25) is 5.91 Å². The molecule has 0 bridgehead atoms. The van der Waals surface area contributed by atoms with Crippen molar-refractivity contribution in [2.45, 2.75) is 32.5 Å². The van der Waals surface area contributed by atoms with E-state index in [0.29, 0.717) is 0 Å². The number of hydrogen-bond acceptors (Lipinski definition) is 4. The van der Waals surface area contributed by atoms with Gasteiger partial charge in [-0.1, -0.05) is 18.2 Å². The number of nitrogens with zero attached hydrogens (tertiary/aromatic N) is 2. The average Bonchev–Trinajstić information content (AvgIpc) is 3.15. The van der Waals surface area contributed by atoms with Crippen LogP contribution in [-0.4, -0.2) is 47.9 Å². The molecule has 2 atom stereocenters. The van der Waals surface area contributed by atoms with Crippen LogP contribution in [0, 0.1) is 5.82 Å². The highest BCUT2D eigenvalue weighted by Crippen LogP contribution is 2.16. The number of benzene rings is 1. The number of carbonyl (C=O) groups is 1. The Bertz CT molecular complexity index is 696. The second-order valence-electron chi connectivity index (χ2n) is 6.85. The van der Waals surface area contributed by atoms with E-state index in [0.717, 1.165) is 38.3 Å². The van der Waals surface area contributed by atoms with E-state index in [4.69, 9.17) is 0 Å². The van der Waals surface area contributed by atoms with E-state index in [-0.39, 0.29) is 23.8 Å². The lowest BCUT2D eigenvalue weighted by molar-refractivity contribution is -0.127. The van der Waals surface area contributed by atoms with Crippen LogP contribution >= 0.6 is 11.3 Å². The zero-order valence-electron chi connectivity index (χ0n) is 15.3. The van der Waals surface area contributed by atoms with Crippen molar-refractivity contribution in [2.75, 3.05) is 26.2 Å². The van der Waals surface area contributed by atoms with E-state index in [1.54, 1.807) is 23.5 Å². The smallest absolute Gasteiger partial charge is 0.237 e. The molecular formula is C20H26FN3OS. The molecule has 1 aromatic heterocycles. The molecule has 3 rings (SSSR count). The predicted molar refractivity (Wildman–Crippen MR) is 104 cm³/mol. The number of hydrogen-bond donors (Lipinski definition) is 1. The highest BCUT2D eigenvalue weighted by molar-refractivity contribution is 7.09. The van der Waals surface area contributed by atoms with E-state index in [1.165, 1.54) is 17.0 Å². The van der Waals surface area contributed by atoms with Crippen LogP contribution in [0.15, 0.2) is 41.8 Å². The number of amides is 1. The molecule has 0 saturated carbocycles. The summed E-state index contributed by atoms with van der Waals surface area (Å²) in [4.78, 5) is 18.7. The SMILES string of the molecule is C[C@@H](NC(=O)[C@H](C)N1CCN(Cc2cccs2)CC1)c1ccc(F)cc1. The summed E-state index contributed by atoms with van der Waals surface area (Å²) < 4.78 is 13.0. The molecule has 1 aromatic carbocycles. The molecule has 1 amide bonds. The summed E-state index contributed by atoms with van der Waals surface area (Å²) in [5, 5.41) is 5.16. The molecule has 2 aromatic rings. The van der Waals surface area contributed by atoms with Crippen molar-refractivity contribution in [3.05, 3.63) is 58.0 Å². The van der Waals surface area contributed by atoms with Gasteiger partial charge in [-0.3, -0.25) is 14.6 Å². The summed E-state index contributed by atoms with van der Waals surface area (Å²) in [6.45, 7) is 8.62. The first-order chi connectivity index (χ1) is 12.5. The highest BCUT2D eigenvalue weighted by atomic mass is 32.1. The molecule has 1 fully saturated rings. The van der Waals surface area contributed by atoms with Gasteiger partial charge in [0.25, 0.3) is 0 Å². The van der Waals surface area contributed by atoms with Gasteiger partial charge in [-0.25, -0.2) is 4.39 Å². The van der Waals surface area contributed by atoms with Gasteiger partial charge >= 0.3 is 0 Å². The Kier molecular flexibility index (Phi) is 6.40. The summed E-state index contributed by atoms with van der Waals surface area (Å²) in [7, 11) is 0. The molecule has 0 spiro atoms. The number of thiophene rings is 1. The first-order valence-corrected chi connectivity index (χ1v) is 9.95. The minimum atomic E-state index is -0.263. The minimum Gasteiger partial charge on any atom is -0.348 e. The topological polar surface area (TPSA) is 35.6 Å². The van der Waals surface area contributed by atoms with Crippen molar-refractivity contribution in [1.29, 1.82) is 0 Å². The number of piperazine rings is 1. The first kappa shape index (κ1) is 19.0. The Balaban J connectivity index is 1.47. The zero-order valence-corrected chi connectivity index (χ0v) is 16.1. The maximum absolute atomic E-state index is 13.0. The fourth-order valence-corrected chi connectivity index (χ4v) is 4.01. The Morgan fingerprint density at radius 1 is 1.15 bits per heavy atom. The Morgan fingerprint density at radius 3 is 2.46 bits per heavy atom. The summed E-state index contributed by atoms with van der Waals surface area (Å²) in [5.74, 6) is -0.241. The number of carbonyl (C=O) groups excluding carboxylic acids is 1. The van der Waals surface area contributed by atoms with Gasteiger partial charge in [0.05, 0.1) is 12.1 Å². The molecular weight excluding hydrogens is 349 g/mol. The van der Waals surface area contributed by atoms with Crippen molar-refractivity contribution in [3.8, 4) is 0 Å². The molecule has 2 heterocycles. The van der Waals surface area contributed by atoms with Crippen LogP contribution in [0.2, 0.25) is 0 Å². The van der Waals surface area contributed by atoms with Crippen molar-refractivity contribution < 1.29 is 9.18 Å². The van der Waals surface area contributed by atoms with Gasteiger partial charge < -0.3 is 5.32 Å². The zero-order chi connectivity index (χ0) is 18.5. The molecule has 26 heavy (non-hydrogen) atoms. The standard InChI is InChI=1S/C20H26FN3OS/c1-15(17-5-7-18(21)8-6-17)22-20(25)16(2)24-11-9-23(10-12-24)14-19-4-3-13-26-19/h3-8,13,15-16H,9-12,14H2,1-2H3,(H,22,25)/t15-,16+/m1/s1. The van der Waals surface area contributed by atoms with Gasteiger partial charge in [0, 0.05) is 37.6 Å². The summed E-state index contributed by atoms with van der Waals surface area (Å²) in [6.07, 6.45) is 0. The number of halogens is 1. The van der Waals surface area contributed by atoms with Gasteiger partial charge in [-0.2, -0.15) is 0 Å². The second-order valence-corrected chi connectivity index (χ2v) is 7.88. The number of nitrogens with one attached hydrogen (secondary N) is 1. The Morgan fingerprint density at radius 2 is 1.85 bits per heavy atom. The molecule has 4 nitrogen and oxygen atoms in total. The lowest BCUT2D eigenvalue weighted by atomic mass is 10.1. The fraction of sp³-hybridized carbons (Fsp3) is 0.450. The second kappa shape index (κ2) is 8.75. The highest BCUT2D eigenvalue weighted by Gasteiger charge is 2.26. The average molecular weight is 376 g/mol. The lowest BCUT2D eigenvalue weighted by Crippen LogP contribution is -2.53. The number of rotatable bonds is 6. The van der Waals surface area contributed by atoms with Gasteiger partial charge in [0.1, 0.15) is 5.82 Å². The molecule has 6 heteroatoms.